The van der Waals surface area contributed by atoms with Crippen molar-refractivity contribution in [3.05, 3.63) is 70.5 Å². The molecule has 0 spiro atoms. The fraction of sp³-hybridized carbons (Fsp3) is 0.564. The number of rotatable bonds is 11. The molecule has 4 fully saturated rings. The second-order valence-corrected chi connectivity index (χ2v) is 18.0. The molecule has 0 bridgehead atoms. The molecule has 1 saturated carbocycles. The zero-order valence-corrected chi connectivity index (χ0v) is 33.2. The number of piperidine rings is 1. The summed E-state index contributed by atoms with van der Waals surface area (Å²) in [6, 6.07) is 12.6. The van der Waals surface area contributed by atoms with Crippen LogP contribution in [0.4, 0.5) is 24.8 Å². The largest absolute Gasteiger partial charge is 0.490 e. The van der Waals surface area contributed by atoms with Gasteiger partial charge in [0.2, 0.25) is 10.0 Å². The minimum Gasteiger partial charge on any atom is -0.490 e. The van der Waals surface area contributed by atoms with Crippen molar-refractivity contribution in [2.45, 2.75) is 74.9 Å². The normalized spacial score (nSPS) is 23.0. The summed E-state index contributed by atoms with van der Waals surface area (Å²) in [6.45, 7) is 4.68. The molecule has 1 atom stereocenters. The maximum absolute atomic E-state index is 13.5. The minimum absolute atomic E-state index is 0.00729. The van der Waals surface area contributed by atoms with Gasteiger partial charge in [0.05, 0.1) is 27.5 Å². The van der Waals surface area contributed by atoms with Gasteiger partial charge in [-0.3, -0.25) is 4.79 Å². The van der Waals surface area contributed by atoms with Crippen molar-refractivity contribution in [3.8, 4) is 11.8 Å². The Hall–Kier alpha value is -4.24. The Morgan fingerprint density at radius 3 is 2.30 bits per heavy atom. The molecule has 306 valence electrons. The fourth-order valence-electron chi connectivity index (χ4n) is 8.26. The Labute approximate surface area is 336 Å². The van der Waals surface area contributed by atoms with E-state index in [1.54, 1.807) is 29.2 Å². The second kappa shape index (κ2) is 17.7. The lowest BCUT2D eigenvalue weighted by molar-refractivity contribution is -0.137. The van der Waals surface area contributed by atoms with Crippen LogP contribution >= 0.6 is 11.6 Å². The van der Waals surface area contributed by atoms with Crippen LogP contribution in [0.15, 0.2) is 48.7 Å². The van der Waals surface area contributed by atoms with Crippen LogP contribution in [0.3, 0.4) is 0 Å². The number of pyridine rings is 1. The Kier molecular flexibility index (Phi) is 12.7. The lowest BCUT2D eigenvalue weighted by atomic mass is 9.92. The first-order valence-corrected chi connectivity index (χ1v) is 21.5. The molecule has 1 aromatic carbocycles. The molecule has 2 aromatic heterocycles. The number of alkyl halides is 3. The molecule has 1 unspecified atom stereocenters. The van der Waals surface area contributed by atoms with Crippen molar-refractivity contribution in [3.63, 3.8) is 0 Å². The van der Waals surface area contributed by atoms with Crippen molar-refractivity contribution in [1.29, 1.82) is 5.26 Å². The molecule has 5 heterocycles. The van der Waals surface area contributed by atoms with Crippen LogP contribution in [-0.2, 0) is 16.2 Å². The van der Waals surface area contributed by atoms with E-state index in [1.165, 1.54) is 4.31 Å². The average molecular weight is 830 g/mol. The van der Waals surface area contributed by atoms with Crippen molar-refractivity contribution >= 4 is 39.2 Å². The number of nitriles is 1. The number of nitrogens with one attached hydrogen (secondary N) is 1. The van der Waals surface area contributed by atoms with Gasteiger partial charge in [-0.25, -0.2) is 13.4 Å². The first-order chi connectivity index (χ1) is 27.3. The van der Waals surface area contributed by atoms with E-state index in [0.29, 0.717) is 35.2 Å². The van der Waals surface area contributed by atoms with Gasteiger partial charge >= 0.3 is 6.18 Å². The molecule has 0 radical (unpaired) electrons. The van der Waals surface area contributed by atoms with Gasteiger partial charge in [-0.15, -0.1) is 10.2 Å². The number of hydrogen-bond acceptors (Lipinski definition) is 11. The van der Waals surface area contributed by atoms with Crippen molar-refractivity contribution in [2.75, 3.05) is 68.7 Å². The second-order valence-electron chi connectivity index (χ2n) is 15.4. The molecule has 3 aromatic rings. The first kappa shape index (κ1) is 40.9. The number of amides is 1. The Bertz CT molecular complexity index is 2010. The number of aromatic nitrogens is 3. The molecule has 3 saturated heterocycles. The zero-order valence-electron chi connectivity index (χ0n) is 31.6. The summed E-state index contributed by atoms with van der Waals surface area (Å²) >= 11 is 6.13. The lowest BCUT2D eigenvalue weighted by Gasteiger charge is -2.36. The third kappa shape index (κ3) is 10.1. The number of nitrogens with zero attached hydrogens (tertiary/aromatic N) is 8. The van der Waals surface area contributed by atoms with E-state index >= 15 is 0 Å². The number of benzene rings is 1. The molecule has 4 aliphatic rings. The summed E-state index contributed by atoms with van der Waals surface area (Å²) in [4.78, 5) is 23.2. The van der Waals surface area contributed by atoms with Gasteiger partial charge in [-0.1, -0.05) is 11.6 Å². The van der Waals surface area contributed by atoms with Gasteiger partial charge in [0, 0.05) is 64.1 Å². The average Bonchev–Trinajstić information content (AvgIpc) is 3.71. The van der Waals surface area contributed by atoms with E-state index in [4.69, 9.17) is 21.6 Å². The van der Waals surface area contributed by atoms with Crippen LogP contribution in [0.25, 0.3) is 0 Å². The third-order valence-corrected chi connectivity index (χ3v) is 14.3. The predicted molar refractivity (Wildman–Crippen MR) is 209 cm³/mol. The monoisotopic (exact) mass is 829 g/mol. The topological polar surface area (TPSA) is 148 Å². The highest BCUT2D eigenvalue weighted by molar-refractivity contribution is 7.89. The van der Waals surface area contributed by atoms with Crippen LogP contribution in [-0.4, -0.2) is 115 Å². The molecule has 3 aliphatic heterocycles. The van der Waals surface area contributed by atoms with Crippen molar-refractivity contribution in [1.82, 2.24) is 29.7 Å². The molecule has 7 rings (SSSR count). The van der Waals surface area contributed by atoms with Gasteiger partial charge in [-0.05, 0) is 107 Å². The van der Waals surface area contributed by atoms with Crippen LogP contribution in [0, 0.1) is 17.2 Å². The van der Waals surface area contributed by atoms with Crippen LogP contribution in [0.2, 0.25) is 5.02 Å². The van der Waals surface area contributed by atoms with Gasteiger partial charge in [0.1, 0.15) is 17.6 Å². The van der Waals surface area contributed by atoms with E-state index in [9.17, 15) is 26.4 Å². The predicted octanol–water partition coefficient (Wildman–Crippen LogP) is 5.37. The third-order valence-electron chi connectivity index (χ3n) is 11.7. The number of likely N-dealkylation sites (tertiary alicyclic amines) is 1. The number of halogens is 4. The van der Waals surface area contributed by atoms with Crippen molar-refractivity contribution < 1.29 is 31.1 Å². The summed E-state index contributed by atoms with van der Waals surface area (Å²) in [7, 11) is -3.54. The molecule has 18 heteroatoms. The smallest absolute Gasteiger partial charge is 0.416 e. The number of ether oxygens (including phenoxy) is 1. The SMILES string of the molecule is N#Cc1ccc(OC2CCC(NC(=O)c3ccc(N4CCC(CCN5CCC(S(=O)(=O)N6CCN(c7cc(C(F)(F)F)ccn7)CC6)C5)CC4)nn3)CC2)cc1Cl. The molecule has 1 aliphatic carbocycles. The lowest BCUT2D eigenvalue weighted by Crippen LogP contribution is -2.51. The number of hydrogen-bond donors (Lipinski definition) is 1. The number of sulfonamides is 1. The summed E-state index contributed by atoms with van der Waals surface area (Å²) in [5.74, 6) is 1.84. The van der Waals surface area contributed by atoms with E-state index < -0.39 is 27.0 Å². The summed E-state index contributed by atoms with van der Waals surface area (Å²) < 4.78 is 74.2. The van der Waals surface area contributed by atoms with E-state index in [1.807, 2.05) is 12.1 Å². The van der Waals surface area contributed by atoms with Gasteiger partial charge < -0.3 is 24.8 Å². The molecule has 57 heavy (non-hydrogen) atoms. The number of carbonyl (C=O) groups is 1. The fourth-order valence-corrected chi connectivity index (χ4v) is 10.4. The Morgan fingerprint density at radius 2 is 1.63 bits per heavy atom. The van der Waals surface area contributed by atoms with Crippen LogP contribution in [0.5, 0.6) is 5.75 Å². The molecule has 13 nitrogen and oxygen atoms in total. The Morgan fingerprint density at radius 1 is 0.895 bits per heavy atom. The quantitative estimate of drug-likeness (QED) is 0.266. The van der Waals surface area contributed by atoms with Gasteiger partial charge in [0.15, 0.2) is 11.5 Å². The molecular weight excluding hydrogens is 783 g/mol. The van der Waals surface area contributed by atoms with Gasteiger partial charge in [-0.2, -0.15) is 22.7 Å². The van der Waals surface area contributed by atoms with Crippen LogP contribution < -0.4 is 19.9 Å². The highest BCUT2D eigenvalue weighted by atomic mass is 35.5. The van der Waals surface area contributed by atoms with E-state index in [2.05, 4.69) is 30.3 Å². The maximum Gasteiger partial charge on any atom is 0.416 e. The molecule has 1 amide bonds. The number of carbonyl (C=O) groups excluding carboxylic acids is 1. The summed E-state index contributed by atoms with van der Waals surface area (Å²) in [5, 5.41) is 20.7. The first-order valence-electron chi connectivity index (χ1n) is 19.6. The highest BCUT2D eigenvalue weighted by Crippen LogP contribution is 2.32. The van der Waals surface area contributed by atoms with Gasteiger partial charge in [0.25, 0.3) is 5.91 Å². The van der Waals surface area contributed by atoms with E-state index in [-0.39, 0.29) is 55.7 Å². The van der Waals surface area contributed by atoms with E-state index in [0.717, 1.165) is 95.3 Å². The number of piperazine rings is 1. The minimum atomic E-state index is -4.47. The molecule has 1 N–H and O–H groups in total. The summed E-state index contributed by atoms with van der Waals surface area (Å²) in [5.41, 5.74) is -0.0853. The molecular formula is C39H47ClF3N9O4S. The number of anilines is 2. The standard InChI is InChI=1S/C39H47ClF3N9O4S/c40-34-24-32(4-1-28(34)25-44)56-31-5-2-30(3-6-31)46-38(53)35-7-8-36(48-47-35)50-17-11-27(12-18-50)10-15-49-16-13-33(26-49)57(54,55)52-21-19-51(20-22-52)37-23-29(9-14-45-37)39(41,42)43/h1,4,7-9,14,23-24,27,30-31,33H,2-3,5-6,10-13,15-22,26H2,(H,46,53). The maximum atomic E-state index is 13.5. The highest BCUT2D eigenvalue weighted by Gasteiger charge is 2.39. The zero-order chi connectivity index (χ0) is 40.2. The summed E-state index contributed by atoms with van der Waals surface area (Å²) in [6.07, 6.45) is 3.28. The van der Waals surface area contributed by atoms with Crippen molar-refractivity contribution in [2.24, 2.45) is 5.92 Å². The van der Waals surface area contributed by atoms with Crippen LogP contribution in [0.1, 0.15) is 73.0 Å². The Balaban J connectivity index is 0.791.